The second kappa shape index (κ2) is 8.82. The first-order valence-corrected chi connectivity index (χ1v) is 9.98. The van der Waals surface area contributed by atoms with Gasteiger partial charge in [0.05, 0.1) is 24.8 Å². The van der Waals surface area contributed by atoms with E-state index in [4.69, 9.17) is 33.3 Å². The van der Waals surface area contributed by atoms with Crippen molar-refractivity contribution in [1.82, 2.24) is 0 Å². The minimum atomic E-state index is -0.169. The molecule has 144 valence electrons. The van der Waals surface area contributed by atoms with Crippen molar-refractivity contribution >= 4 is 57.6 Å². The lowest BCUT2D eigenvalue weighted by Crippen LogP contribution is -2.27. The normalized spacial score (nSPS) is 15.2. The lowest BCUT2D eigenvalue weighted by Gasteiger charge is -2.14. The molecule has 0 radical (unpaired) electrons. The molecule has 1 saturated heterocycles. The van der Waals surface area contributed by atoms with Crippen LogP contribution in [0.15, 0.2) is 54.0 Å². The molecule has 1 amide bonds. The predicted octanol–water partition coefficient (Wildman–Crippen LogP) is 5.49. The number of ether oxygens (including phenoxy) is 2. The smallest absolute Gasteiger partial charge is 0.270 e. The lowest BCUT2D eigenvalue weighted by atomic mass is 10.0. The molecule has 2 aromatic carbocycles. The Hall–Kier alpha value is -2.28. The van der Waals surface area contributed by atoms with Crippen LogP contribution in [0.5, 0.6) is 11.5 Å². The molecule has 7 heteroatoms. The quantitative estimate of drug-likeness (QED) is 0.343. The average molecular weight is 432 g/mol. The van der Waals surface area contributed by atoms with Gasteiger partial charge < -0.3 is 9.47 Å². The highest BCUT2D eigenvalue weighted by atomic mass is 35.5. The molecule has 3 rings (SSSR count). The number of amides is 1. The summed E-state index contributed by atoms with van der Waals surface area (Å²) >= 11 is 12.6. The number of anilines is 1. The van der Waals surface area contributed by atoms with Crippen LogP contribution in [0.25, 0.3) is 6.08 Å². The van der Waals surface area contributed by atoms with E-state index in [1.807, 2.05) is 18.2 Å². The maximum atomic E-state index is 12.9. The van der Waals surface area contributed by atoms with Crippen LogP contribution in [0.4, 0.5) is 5.69 Å². The van der Waals surface area contributed by atoms with Crippen molar-refractivity contribution in [3.05, 3.63) is 70.1 Å². The number of nitrogens with zero attached hydrogens (tertiary/aromatic N) is 1. The Kier molecular flexibility index (Phi) is 6.44. The number of methoxy groups -OCH3 is 2. The summed E-state index contributed by atoms with van der Waals surface area (Å²) in [6.45, 7) is 3.79. The fourth-order valence-electron chi connectivity index (χ4n) is 2.89. The van der Waals surface area contributed by atoms with Crippen molar-refractivity contribution in [2.75, 3.05) is 19.1 Å². The van der Waals surface area contributed by atoms with Crippen molar-refractivity contribution in [3.8, 4) is 11.5 Å². The second-order valence-electron chi connectivity index (χ2n) is 5.90. The Morgan fingerprint density at radius 2 is 1.93 bits per heavy atom. The van der Waals surface area contributed by atoms with E-state index in [0.29, 0.717) is 37.9 Å². The van der Waals surface area contributed by atoms with Gasteiger partial charge in [-0.1, -0.05) is 41.7 Å². The van der Waals surface area contributed by atoms with Gasteiger partial charge in [0.25, 0.3) is 5.91 Å². The van der Waals surface area contributed by atoms with Gasteiger partial charge in [0, 0.05) is 10.6 Å². The molecule has 1 aliphatic heterocycles. The Labute approximate surface area is 178 Å². The van der Waals surface area contributed by atoms with E-state index < -0.39 is 0 Å². The molecule has 1 fully saturated rings. The fraction of sp³-hybridized carbons (Fsp3) is 0.143. The van der Waals surface area contributed by atoms with Gasteiger partial charge >= 0.3 is 0 Å². The number of thioether (sulfide) groups is 1. The van der Waals surface area contributed by atoms with E-state index in [0.717, 1.165) is 11.1 Å². The molecule has 0 atom stereocenters. The van der Waals surface area contributed by atoms with Gasteiger partial charge in [-0.2, -0.15) is 0 Å². The molecule has 0 aliphatic carbocycles. The standard InChI is InChI=1S/C21H18ClNO3S2/c1-4-5-14-10-13(11-17(25-2)19(14)26-3)12-18-20(24)23(21(27)28-18)16-8-6-15(22)7-9-16/h4,6-12H,1,5H2,2-3H3/b18-12+. The number of benzene rings is 2. The Morgan fingerprint density at radius 3 is 2.54 bits per heavy atom. The SMILES string of the molecule is C=CCc1cc(/C=C2/SC(=S)N(c3ccc(Cl)cc3)C2=O)cc(OC)c1OC. The Balaban J connectivity index is 1.98. The first kappa shape index (κ1) is 20.5. The van der Waals surface area contributed by atoms with E-state index in [-0.39, 0.29) is 5.91 Å². The zero-order valence-electron chi connectivity index (χ0n) is 15.4. The van der Waals surface area contributed by atoms with E-state index in [1.54, 1.807) is 44.6 Å². The number of allylic oxidation sites excluding steroid dienone is 1. The highest BCUT2D eigenvalue weighted by Crippen LogP contribution is 2.38. The van der Waals surface area contributed by atoms with Gasteiger partial charge in [-0.05, 0) is 54.5 Å². The highest BCUT2D eigenvalue weighted by molar-refractivity contribution is 8.27. The third kappa shape index (κ3) is 4.09. The summed E-state index contributed by atoms with van der Waals surface area (Å²) in [4.78, 5) is 15.0. The Bertz CT molecular complexity index is 970. The Morgan fingerprint density at radius 1 is 1.21 bits per heavy atom. The number of rotatable bonds is 6. The zero-order valence-corrected chi connectivity index (χ0v) is 17.8. The van der Waals surface area contributed by atoms with Gasteiger partial charge in [-0.3, -0.25) is 9.69 Å². The van der Waals surface area contributed by atoms with Crippen molar-refractivity contribution < 1.29 is 14.3 Å². The van der Waals surface area contributed by atoms with Crippen LogP contribution in [-0.2, 0) is 11.2 Å². The van der Waals surface area contributed by atoms with Crippen molar-refractivity contribution in [1.29, 1.82) is 0 Å². The third-order valence-corrected chi connectivity index (χ3v) is 5.67. The summed E-state index contributed by atoms with van der Waals surface area (Å²) in [5.41, 5.74) is 2.44. The molecule has 0 saturated carbocycles. The molecule has 0 bridgehead atoms. The second-order valence-corrected chi connectivity index (χ2v) is 8.01. The summed E-state index contributed by atoms with van der Waals surface area (Å²) in [5.74, 6) is 1.09. The molecular weight excluding hydrogens is 414 g/mol. The molecule has 1 heterocycles. The molecule has 28 heavy (non-hydrogen) atoms. The summed E-state index contributed by atoms with van der Waals surface area (Å²) in [7, 11) is 3.18. The van der Waals surface area contributed by atoms with Gasteiger partial charge in [0.2, 0.25) is 0 Å². The van der Waals surface area contributed by atoms with Crippen LogP contribution in [0, 0.1) is 0 Å². The molecule has 0 spiro atoms. The lowest BCUT2D eigenvalue weighted by molar-refractivity contribution is -0.113. The van der Waals surface area contributed by atoms with Gasteiger partial charge in [0.1, 0.15) is 0 Å². The fourth-order valence-corrected chi connectivity index (χ4v) is 4.31. The van der Waals surface area contributed by atoms with E-state index in [2.05, 4.69) is 6.58 Å². The predicted molar refractivity (Wildman–Crippen MR) is 121 cm³/mol. The largest absolute Gasteiger partial charge is 0.493 e. The van der Waals surface area contributed by atoms with Crippen molar-refractivity contribution in [2.45, 2.75) is 6.42 Å². The van der Waals surface area contributed by atoms with Gasteiger partial charge in [0.15, 0.2) is 15.8 Å². The number of carbonyl (C=O) groups excluding carboxylic acids is 1. The molecular formula is C21H18ClNO3S2. The number of hydrogen-bond acceptors (Lipinski definition) is 5. The number of carbonyl (C=O) groups is 1. The third-order valence-electron chi connectivity index (χ3n) is 4.12. The molecule has 4 nitrogen and oxygen atoms in total. The number of hydrogen-bond donors (Lipinski definition) is 0. The van der Waals surface area contributed by atoms with Gasteiger partial charge in [-0.15, -0.1) is 6.58 Å². The zero-order chi connectivity index (χ0) is 20.3. The summed E-state index contributed by atoms with van der Waals surface area (Å²) in [6.07, 6.45) is 4.22. The van der Waals surface area contributed by atoms with Crippen LogP contribution in [0.3, 0.4) is 0 Å². The number of thiocarbonyl (C=S) groups is 1. The van der Waals surface area contributed by atoms with E-state index in [1.165, 1.54) is 16.7 Å². The maximum Gasteiger partial charge on any atom is 0.270 e. The van der Waals surface area contributed by atoms with Crippen LogP contribution in [0.1, 0.15) is 11.1 Å². The molecule has 1 aliphatic rings. The minimum absolute atomic E-state index is 0.169. The van der Waals surface area contributed by atoms with Crippen LogP contribution in [0.2, 0.25) is 5.02 Å². The monoisotopic (exact) mass is 431 g/mol. The molecule has 0 N–H and O–H groups in total. The summed E-state index contributed by atoms with van der Waals surface area (Å²) in [5, 5.41) is 0.602. The average Bonchev–Trinajstić information content (AvgIpc) is 2.95. The van der Waals surface area contributed by atoms with E-state index in [9.17, 15) is 4.79 Å². The van der Waals surface area contributed by atoms with Crippen molar-refractivity contribution in [2.24, 2.45) is 0 Å². The number of halogens is 1. The molecule has 0 aromatic heterocycles. The van der Waals surface area contributed by atoms with Crippen LogP contribution >= 0.6 is 35.6 Å². The summed E-state index contributed by atoms with van der Waals surface area (Å²) < 4.78 is 11.4. The van der Waals surface area contributed by atoms with E-state index >= 15 is 0 Å². The van der Waals surface area contributed by atoms with Crippen LogP contribution in [-0.4, -0.2) is 24.4 Å². The first-order chi connectivity index (χ1) is 13.5. The summed E-state index contributed by atoms with van der Waals surface area (Å²) in [6, 6.07) is 10.8. The van der Waals surface area contributed by atoms with Crippen molar-refractivity contribution in [3.63, 3.8) is 0 Å². The highest BCUT2D eigenvalue weighted by Gasteiger charge is 2.33. The molecule has 0 unspecified atom stereocenters. The topological polar surface area (TPSA) is 38.8 Å². The minimum Gasteiger partial charge on any atom is -0.493 e. The maximum absolute atomic E-state index is 12.9. The van der Waals surface area contributed by atoms with Crippen LogP contribution < -0.4 is 14.4 Å². The van der Waals surface area contributed by atoms with Gasteiger partial charge in [-0.25, -0.2) is 0 Å². The first-order valence-electron chi connectivity index (χ1n) is 8.37. The molecule has 2 aromatic rings.